The normalized spacial score (nSPS) is 11.2. The lowest BCUT2D eigenvalue weighted by Crippen LogP contribution is -1.97. The maximum atomic E-state index is 5.89. The van der Waals surface area contributed by atoms with Crippen LogP contribution in [0.2, 0.25) is 5.02 Å². The van der Waals surface area contributed by atoms with Crippen molar-refractivity contribution >= 4 is 28.5 Å². The minimum Gasteiger partial charge on any atom is -0.436 e. The van der Waals surface area contributed by atoms with Crippen LogP contribution < -0.4 is 5.73 Å². The van der Waals surface area contributed by atoms with E-state index in [1.807, 2.05) is 0 Å². The van der Waals surface area contributed by atoms with Crippen molar-refractivity contribution in [1.29, 1.82) is 0 Å². The molecule has 86 valence electrons. The minimum absolute atomic E-state index is 0.452. The Morgan fingerprint density at radius 1 is 1.41 bits per heavy atom. The molecule has 0 fully saturated rings. The Kier molecular flexibility index (Phi) is 2.09. The Labute approximate surface area is 102 Å². The fraction of sp³-hybridized carbons (Fsp3) is 0.0909. The summed E-state index contributed by atoms with van der Waals surface area (Å²) in [6.07, 6.45) is 1.63. The molecule has 0 amide bonds. The van der Waals surface area contributed by atoms with Crippen LogP contribution in [0.25, 0.3) is 22.6 Å². The Morgan fingerprint density at radius 3 is 2.94 bits per heavy atom. The second-order valence-electron chi connectivity index (χ2n) is 3.70. The van der Waals surface area contributed by atoms with Gasteiger partial charge in [0.15, 0.2) is 5.58 Å². The molecular weight excluding hydrogens is 240 g/mol. The number of halogens is 1. The van der Waals surface area contributed by atoms with Gasteiger partial charge in [-0.1, -0.05) is 11.6 Å². The van der Waals surface area contributed by atoms with Crippen LogP contribution in [0.1, 0.15) is 0 Å². The van der Waals surface area contributed by atoms with Gasteiger partial charge in [-0.3, -0.25) is 4.68 Å². The summed E-state index contributed by atoms with van der Waals surface area (Å²) in [4.78, 5) is 4.33. The fourth-order valence-corrected chi connectivity index (χ4v) is 1.79. The summed E-state index contributed by atoms with van der Waals surface area (Å²) >= 11 is 5.89. The van der Waals surface area contributed by atoms with Crippen LogP contribution in [0.3, 0.4) is 0 Å². The molecule has 2 heterocycles. The molecule has 3 aromatic rings. The number of aryl methyl sites for hydroxylation is 1. The lowest BCUT2D eigenvalue weighted by molar-refractivity contribution is 0.620. The van der Waals surface area contributed by atoms with Gasteiger partial charge in [-0.15, -0.1) is 0 Å². The highest BCUT2D eigenvalue weighted by molar-refractivity contribution is 6.31. The van der Waals surface area contributed by atoms with Crippen LogP contribution in [0, 0.1) is 0 Å². The molecule has 1 aromatic carbocycles. The second kappa shape index (κ2) is 3.49. The molecule has 2 aromatic heterocycles. The van der Waals surface area contributed by atoms with Crippen molar-refractivity contribution in [2.75, 3.05) is 5.73 Å². The van der Waals surface area contributed by atoms with Crippen LogP contribution in [-0.2, 0) is 7.05 Å². The first-order valence-electron chi connectivity index (χ1n) is 4.99. The number of nitrogens with two attached hydrogens (primary N) is 1. The zero-order chi connectivity index (χ0) is 12.0. The van der Waals surface area contributed by atoms with Gasteiger partial charge < -0.3 is 10.2 Å². The summed E-state index contributed by atoms with van der Waals surface area (Å²) < 4.78 is 7.17. The number of hydrogen-bond donors (Lipinski definition) is 1. The van der Waals surface area contributed by atoms with Gasteiger partial charge >= 0.3 is 0 Å². The molecule has 17 heavy (non-hydrogen) atoms. The zero-order valence-electron chi connectivity index (χ0n) is 9.01. The predicted molar refractivity (Wildman–Crippen MR) is 65.6 cm³/mol. The predicted octanol–water partition coefficient (Wildman–Crippen LogP) is 2.46. The summed E-state index contributed by atoms with van der Waals surface area (Å²) in [5, 5.41) is 4.67. The van der Waals surface area contributed by atoms with Gasteiger partial charge in [-0.05, 0) is 18.2 Å². The average Bonchev–Trinajstić information content (AvgIpc) is 2.83. The minimum atomic E-state index is 0.452. The van der Waals surface area contributed by atoms with Crippen molar-refractivity contribution in [2.24, 2.45) is 7.05 Å². The lowest BCUT2D eigenvalue weighted by atomic mass is 10.3. The lowest BCUT2D eigenvalue weighted by Gasteiger charge is -1.94. The topological polar surface area (TPSA) is 69.9 Å². The molecule has 6 heteroatoms. The SMILES string of the molecule is Cn1ncc(-c2nc3cc(Cl)ccc3o2)c1N. The molecule has 3 rings (SSSR count). The highest BCUT2D eigenvalue weighted by Crippen LogP contribution is 2.28. The molecule has 0 spiro atoms. The maximum Gasteiger partial charge on any atom is 0.232 e. The molecule has 0 aliphatic carbocycles. The first-order valence-corrected chi connectivity index (χ1v) is 5.37. The third kappa shape index (κ3) is 1.55. The van der Waals surface area contributed by atoms with E-state index in [4.69, 9.17) is 21.8 Å². The van der Waals surface area contributed by atoms with Crippen molar-refractivity contribution in [1.82, 2.24) is 14.8 Å². The third-order valence-corrected chi connectivity index (χ3v) is 2.80. The smallest absolute Gasteiger partial charge is 0.232 e. The Bertz CT molecular complexity index is 701. The van der Waals surface area contributed by atoms with E-state index in [-0.39, 0.29) is 0 Å². The summed E-state index contributed by atoms with van der Waals surface area (Å²) in [5.41, 5.74) is 7.92. The van der Waals surface area contributed by atoms with Crippen LogP contribution >= 0.6 is 11.6 Å². The molecule has 0 aliphatic rings. The van der Waals surface area contributed by atoms with Gasteiger partial charge in [0.1, 0.15) is 11.3 Å². The number of nitrogens with zero attached hydrogens (tertiary/aromatic N) is 3. The molecule has 0 aliphatic heterocycles. The van der Waals surface area contributed by atoms with Crippen LogP contribution in [0.5, 0.6) is 0 Å². The molecule has 0 unspecified atom stereocenters. The van der Waals surface area contributed by atoms with Crippen molar-refractivity contribution in [3.8, 4) is 11.5 Å². The Morgan fingerprint density at radius 2 is 2.24 bits per heavy atom. The van der Waals surface area contributed by atoms with Crippen LogP contribution in [0.4, 0.5) is 5.82 Å². The van der Waals surface area contributed by atoms with E-state index in [9.17, 15) is 0 Å². The van der Waals surface area contributed by atoms with E-state index < -0.39 is 0 Å². The maximum absolute atomic E-state index is 5.89. The highest BCUT2D eigenvalue weighted by Gasteiger charge is 2.14. The standard InChI is InChI=1S/C11H9ClN4O/c1-16-10(13)7(5-14-16)11-15-8-4-6(12)2-3-9(8)17-11/h2-5H,13H2,1H3. The molecule has 5 nitrogen and oxygen atoms in total. The van der Waals surface area contributed by atoms with E-state index in [1.54, 1.807) is 36.1 Å². The van der Waals surface area contributed by atoms with Crippen LogP contribution in [0.15, 0.2) is 28.8 Å². The van der Waals surface area contributed by atoms with Gasteiger partial charge in [0.25, 0.3) is 0 Å². The fourth-order valence-electron chi connectivity index (χ4n) is 1.63. The number of nitrogen functional groups attached to an aromatic ring is 1. The van der Waals surface area contributed by atoms with Crippen molar-refractivity contribution in [3.63, 3.8) is 0 Å². The first-order chi connectivity index (χ1) is 8.15. The largest absolute Gasteiger partial charge is 0.436 e. The molecule has 0 atom stereocenters. The number of aromatic nitrogens is 3. The van der Waals surface area contributed by atoms with Gasteiger partial charge in [-0.2, -0.15) is 5.10 Å². The number of benzene rings is 1. The van der Waals surface area contributed by atoms with E-state index in [2.05, 4.69) is 10.1 Å². The van der Waals surface area contributed by atoms with Gasteiger partial charge in [0.05, 0.1) is 11.8 Å². The van der Waals surface area contributed by atoms with Gasteiger partial charge in [0.2, 0.25) is 5.89 Å². The van der Waals surface area contributed by atoms with Gasteiger partial charge in [0, 0.05) is 12.1 Å². The highest BCUT2D eigenvalue weighted by atomic mass is 35.5. The number of hydrogen-bond acceptors (Lipinski definition) is 4. The number of rotatable bonds is 1. The molecule has 0 bridgehead atoms. The van der Waals surface area contributed by atoms with E-state index in [0.717, 1.165) is 0 Å². The summed E-state index contributed by atoms with van der Waals surface area (Å²) in [7, 11) is 1.76. The number of anilines is 1. The monoisotopic (exact) mass is 248 g/mol. The van der Waals surface area contributed by atoms with E-state index >= 15 is 0 Å². The van der Waals surface area contributed by atoms with Crippen molar-refractivity contribution < 1.29 is 4.42 Å². The quantitative estimate of drug-likeness (QED) is 0.718. The molecule has 0 saturated heterocycles. The van der Waals surface area contributed by atoms with Crippen LogP contribution in [-0.4, -0.2) is 14.8 Å². The number of oxazole rings is 1. The van der Waals surface area contributed by atoms with Crippen molar-refractivity contribution in [3.05, 3.63) is 29.4 Å². The van der Waals surface area contributed by atoms with Crippen molar-refractivity contribution in [2.45, 2.75) is 0 Å². The molecule has 0 saturated carbocycles. The van der Waals surface area contributed by atoms with E-state index in [0.29, 0.717) is 33.4 Å². The summed E-state index contributed by atoms with van der Waals surface area (Å²) in [5.74, 6) is 0.968. The van der Waals surface area contributed by atoms with Gasteiger partial charge in [-0.25, -0.2) is 4.98 Å². The number of fused-ring (bicyclic) bond motifs is 1. The average molecular weight is 249 g/mol. The Balaban J connectivity index is 2.21. The summed E-state index contributed by atoms with van der Waals surface area (Å²) in [6.45, 7) is 0. The van der Waals surface area contributed by atoms with E-state index in [1.165, 1.54) is 0 Å². The molecule has 0 radical (unpaired) electrons. The third-order valence-electron chi connectivity index (χ3n) is 2.56. The molecule has 2 N–H and O–H groups in total. The zero-order valence-corrected chi connectivity index (χ0v) is 9.77. The Hall–Kier alpha value is -2.01. The molecular formula is C11H9ClN4O. The second-order valence-corrected chi connectivity index (χ2v) is 4.13. The summed E-state index contributed by atoms with van der Waals surface area (Å²) in [6, 6.07) is 5.28. The first kappa shape index (κ1) is 10.2.